The number of aromatic nitrogens is 1. The first-order valence-corrected chi connectivity index (χ1v) is 8.81. The van der Waals surface area contributed by atoms with Crippen LogP contribution in [0.1, 0.15) is 19.8 Å². The summed E-state index contributed by atoms with van der Waals surface area (Å²) in [5, 5.41) is 7.99. The molecule has 1 saturated heterocycles. The van der Waals surface area contributed by atoms with E-state index in [1.54, 1.807) is 0 Å². The zero-order chi connectivity index (χ0) is 16.8. The monoisotopic (exact) mass is 325 g/mol. The number of pyridine rings is 1. The van der Waals surface area contributed by atoms with E-state index in [2.05, 4.69) is 44.6 Å². The highest BCUT2D eigenvalue weighted by atomic mass is 15.3. The number of para-hydroxylation sites is 1. The van der Waals surface area contributed by atoms with Gasteiger partial charge < -0.3 is 15.5 Å². The number of likely N-dealkylation sites (tertiary alicyclic amines) is 1. The lowest BCUT2D eigenvalue weighted by atomic mass is 10.00. The Kier molecular flexibility index (Phi) is 5.51. The fourth-order valence-corrected chi connectivity index (χ4v) is 3.08. The van der Waals surface area contributed by atoms with Gasteiger partial charge in [-0.25, -0.2) is 4.98 Å². The van der Waals surface area contributed by atoms with Gasteiger partial charge in [0.2, 0.25) is 0 Å². The summed E-state index contributed by atoms with van der Waals surface area (Å²) in [5.74, 6) is 2.76. The number of rotatable bonds is 4. The first-order chi connectivity index (χ1) is 11.8. The Morgan fingerprint density at radius 1 is 1.17 bits per heavy atom. The normalized spacial score (nSPS) is 16.4. The van der Waals surface area contributed by atoms with E-state index < -0.39 is 0 Å². The minimum Gasteiger partial charge on any atom is -0.368 e. The molecule has 1 fully saturated rings. The van der Waals surface area contributed by atoms with Crippen LogP contribution in [-0.2, 0) is 0 Å². The number of hydrogen-bond donors (Lipinski definition) is 2. The minimum absolute atomic E-state index is 0.814. The summed E-state index contributed by atoms with van der Waals surface area (Å²) in [6.07, 6.45) is 2.50. The van der Waals surface area contributed by atoms with Gasteiger partial charge in [0.05, 0.1) is 5.52 Å². The summed E-state index contributed by atoms with van der Waals surface area (Å²) < 4.78 is 0. The predicted molar refractivity (Wildman–Crippen MR) is 102 cm³/mol. The Morgan fingerprint density at radius 3 is 2.75 bits per heavy atom. The third-order valence-corrected chi connectivity index (χ3v) is 4.61. The molecule has 1 aliphatic heterocycles. The molecule has 0 spiro atoms. The zero-order valence-electron chi connectivity index (χ0n) is 14.6. The summed E-state index contributed by atoms with van der Waals surface area (Å²) in [6, 6.07) is 12.3. The van der Waals surface area contributed by atoms with Crippen molar-refractivity contribution >= 4 is 22.7 Å². The van der Waals surface area contributed by atoms with Gasteiger partial charge in [0.1, 0.15) is 5.82 Å². The molecule has 0 amide bonds. The number of hydrogen-bond acceptors (Lipinski definition) is 3. The van der Waals surface area contributed by atoms with Crippen molar-refractivity contribution in [2.75, 3.05) is 38.5 Å². The van der Waals surface area contributed by atoms with E-state index in [1.165, 1.54) is 18.2 Å². The molecule has 5 heteroatoms. The summed E-state index contributed by atoms with van der Waals surface area (Å²) in [6.45, 7) is 6.16. The van der Waals surface area contributed by atoms with Crippen LogP contribution in [0.2, 0.25) is 0 Å². The van der Waals surface area contributed by atoms with E-state index in [-0.39, 0.29) is 0 Å². The minimum atomic E-state index is 0.814. The number of fused-ring (bicyclic) bond motifs is 1. The summed E-state index contributed by atoms with van der Waals surface area (Å²) in [7, 11) is 1.86. The lowest BCUT2D eigenvalue weighted by Gasteiger charge is -2.32. The Balaban J connectivity index is 1.46. The second-order valence-corrected chi connectivity index (χ2v) is 6.46. The van der Waals surface area contributed by atoms with Gasteiger partial charge in [0.15, 0.2) is 5.96 Å². The molecule has 3 rings (SSSR count). The Bertz CT molecular complexity index is 689. The first kappa shape index (κ1) is 16.6. The second kappa shape index (κ2) is 7.99. The third-order valence-electron chi connectivity index (χ3n) is 4.61. The van der Waals surface area contributed by atoms with E-state index >= 15 is 0 Å². The fourth-order valence-electron chi connectivity index (χ4n) is 3.08. The maximum Gasteiger partial charge on any atom is 0.193 e. The van der Waals surface area contributed by atoms with Crippen LogP contribution >= 0.6 is 0 Å². The van der Waals surface area contributed by atoms with Gasteiger partial charge in [0.25, 0.3) is 0 Å². The molecule has 2 N–H and O–H groups in total. The quantitative estimate of drug-likeness (QED) is 0.515. The average Bonchev–Trinajstić information content (AvgIpc) is 2.63. The average molecular weight is 325 g/mol. The van der Waals surface area contributed by atoms with Crippen LogP contribution in [0.3, 0.4) is 0 Å². The van der Waals surface area contributed by atoms with Crippen LogP contribution in [0.4, 0.5) is 5.82 Å². The van der Waals surface area contributed by atoms with E-state index in [9.17, 15) is 0 Å². The molecule has 2 heterocycles. The van der Waals surface area contributed by atoms with Crippen molar-refractivity contribution in [3.8, 4) is 0 Å². The van der Waals surface area contributed by atoms with Crippen LogP contribution in [0, 0.1) is 5.92 Å². The number of piperidine rings is 1. The van der Waals surface area contributed by atoms with Crippen LogP contribution < -0.4 is 10.6 Å². The highest BCUT2D eigenvalue weighted by molar-refractivity contribution is 5.80. The van der Waals surface area contributed by atoms with Gasteiger partial charge in [-0.1, -0.05) is 25.1 Å². The van der Waals surface area contributed by atoms with Gasteiger partial charge >= 0.3 is 0 Å². The zero-order valence-corrected chi connectivity index (χ0v) is 14.6. The molecule has 128 valence electrons. The Labute approximate surface area is 144 Å². The van der Waals surface area contributed by atoms with Gasteiger partial charge in [-0.2, -0.15) is 0 Å². The molecule has 0 saturated carbocycles. The molecular formula is C19H27N5. The molecule has 0 unspecified atom stereocenters. The lowest BCUT2D eigenvalue weighted by molar-refractivity contribution is 0.274. The van der Waals surface area contributed by atoms with Crippen molar-refractivity contribution in [3.63, 3.8) is 0 Å². The van der Waals surface area contributed by atoms with Crippen molar-refractivity contribution in [1.29, 1.82) is 0 Å². The lowest BCUT2D eigenvalue weighted by Crippen LogP contribution is -2.46. The summed E-state index contributed by atoms with van der Waals surface area (Å²) in [4.78, 5) is 11.4. The van der Waals surface area contributed by atoms with E-state index in [0.29, 0.717) is 0 Å². The van der Waals surface area contributed by atoms with Crippen LogP contribution in [0.15, 0.2) is 41.4 Å². The molecule has 0 aliphatic carbocycles. The smallest absolute Gasteiger partial charge is 0.193 e. The molecule has 0 radical (unpaired) electrons. The van der Waals surface area contributed by atoms with E-state index in [1.807, 2.05) is 31.3 Å². The number of nitrogens with zero attached hydrogens (tertiary/aromatic N) is 3. The highest BCUT2D eigenvalue weighted by Gasteiger charge is 2.18. The molecular weight excluding hydrogens is 298 g/mol. The first-order valence-electron chi connectivity index (χ1n) is 8.81. The SMILES string of the molecule is CN=C(NCCNc1ccc2ccccc2n1)N1CCC(C)CC1. The Hall–Kier alpha value is -2.30. The van der Waals surface area contributed by atoms with Gasteiger partial charge in [-0.3, -0.25) is 4.99 Å². The van der Waals surface area contributed by atoms with Crippen molar-refractivity contribution < 1.29 is 0 Å². The maximum absolute atomic E-state index is 4.63. The summed E-state index contributed by atoms with van der Waals surface area (Å²) >= 11 is 0. The molecule has 24 heavy (non-hydrogen) atoms. The van der Waals surface area contributed by atoms with E-state index in [4.69, 9.17) is 0 Å². The topological polar surface area (TPSA) is 52.6 Å². The van der Waals surface area contributed by atoms with Crippen molar-refractivity contribution in [2.45, 2.75) is 19.8 Å². The van der Waals surface area contributed by atoms with Crippen molar-refractivity contribution in [1.82, 2.24) is 15.2 Å². The molecule has 2 aromatic rings. The summed E-state index contributed by atoms with van der Waals surface area (Å²) in [5.41, 5.74) is 1.02. The predicted octanol–water partition coefficient (Wildman–Crippen LogP) is 2.95. The molecule has 1 aromatic carbocycles. The maximum atomic E-state index is 4.63. The molecule has 0 bridgehead atoms. The number of benzene rings is 1. The van der Waals surface area contributed by atoms with Crippen molar-refractivity contribution in [3.05, 3.63) is 36.4 Å². The number of nitrogens with one attached hydrogen (secondary N) is 2. The molecule has 1 aromatic heterocycles. The fraction of sp³-hybridized carbons (Fsp3) is 0.474. The molecule has 1 aliphatic rings. The molecule has 5 nitrogen and oxygen atoms in total. The largest absolute Gasteiger partial charge is 0.368 e. The van der Waals surface area contributed by atoms with Crippen LogP contribution in [0.25, 0.3) is 10.9 Å². The van der Waals surface area contributed by atoms with Crippen molar-refractivity contribution in [2.24, 2.45) is 10.9 Å². The molecule has 0 atom stereocenters. The second-order valence-electron chi connectivity index (χ2n) is 6.46. The standard InChI is InChI=1S/C19H27N5/c1-15-9-13-24(14-10-15)19(20-2)22-12-11-21-18-8-7-16-5-3-4-6-17(16)23-18/h3-8,15H,9-14H2,1-2H3,(H,20,22)(H,21,23). The number of aliphatic imine (C=N–C) groups is 1. The number of guanidine groups is 1. The van der Waals surface area contributed by atoms with Crippen LogP contribution in [-0.4, -0.2) is 49.1 Å². The van der Waals surface area contributed by atoms with Gasteiger partial charge in [0, 0.05) is 38.6 Å². The van der Waals surface area contributed by atoms with Gasteiger partial charge in [-0.15, -0.1) is 0 Å². The van der Waals surface area contributed by atoms with Crippen LogP contribution in [0.5, 0.6) is 0 Å². The highest BCUT2D eigenvalue weighted by Crippen LogP contribution is 2.16. The Morgan fingerprint density at radius 2 is 1.96 bits per heavy atom. The number of anilines is 1. The third kappa shape index (κ3) is 4.16. The van der Waals surface area contributed by atoms with Gasteiger partial charge in [-0.05, 0) is 37.0 Å². The van der Waals surface area contributed by atoms with E-state index in [0.717, 1.165) is 49.4 Å².